The van der Waals surface area contributed by atoms with Gasteiger partial charge in [0.25, 0.3) is 5.91 Å². The van der Waals surface area contributed by atoms with Gasteiger partial charge in [0.05, 0.1) is 10.7 Å². The van der Waals surface area contributed by atoms with E-state index in [1.165, 1.54) is 30.1 Å². The van der Waals surface area contributed by atoms with Crippen LogP contribution in [0.15, 0.2) is 54.9 Å². The molecular weight excluding hydrogens is 319 g/mol. The van der Waals surface area contributed by atoms with Gasteiger partial charge in [-0.1, -0.05) is 23.7 Å². The van der Waals surface area contributed by atoms with Gasteiger partial charge in [0.15, 0.2) is 17.3 Å². The number of hydrogen-bond donors (Lipinski definition) is 0. The Morgan fingerprint density at radius 2 is 2.00 bits per heavy atom. The lowest BCUT2D eigenvalue weighted by Gasteiger charge is -2.15. The Balaban J connectivity index is 1.90. The quantitative estimate of drug-likeness (QED) is 0.740. The van der Waals surface area contributed by atoms with Crippen LogP contribution in [0.5, 0.6) is 0 Å². The maximum absolute atomic E-state index is 13.7. The fourth-order valence-corrected chi connectivity index (χ4v) is 2.32. The van der Waals surface area contributed by atoms with Crippen LogP contribution in [0.25, 0.3) is 5.69 Å². The molecule has 0 radical (unpaired) electrons. The summed E-state index contributed by atoms with van der Waals surface area (Å²) in [7, 11) is 1.45. The number of rotatable bonds is 3. The Morgan fingerprint density at radius 1 is 1.22 bits per heavy atom. The van der Waals surface area contributed by atoms with E-state index < -0.39 is 11.7 Å². The molecule has 5 nitrogen and oxygen atoms in total. The molecule has 0 fully saturated rings. The van der Waals surface area contributed by atoms with Crippen LogP contribution >= 0.6 is 11.6 Å². The van der Waals surface area contributed by atoms with E-state index in [2.05, 4.69) is 10.1 Å². The molecule has 116 valence electrons. The number of benzene rings is 1. The molecular formula is C16H12ClFN4O. The van der Waals surface area contributed by atoms with Crippen LogP contribution in [0.2, 0.25) is 5.02 Å². The van der Waals surface area contributed by atoms with Crippen LogP contribution < -0.4 is 4.90 Å². The molecule has 0 aliphatic heterocycles. The molecule has 23 heavy (non-hydrogen) atoms. The van der Waals surface area contributed by atoms with E-state index in [4.69, 9.17) is 11.6 Å². The second-order valence-electron chi connectivity index (χ2n) is 4.77. The summed E-state index contributed by atoms with van der Waals surface area (Å²) in [6.07, 6.45) is 3.04. The number of pyridine rings is 1. The first-order chi connectivity index (χ1) is 11.1. The zero-order valence-corrected chi connectivity index (χ0v) is 12.9. The number of hydrogen-bond acceptors (Lipinski definition) is 3. The fourth-order valence-electron chi connectivity index (χ4n) is 2.10. The van der Waals surface area contributed by atoms with Crippen LogP contribution in [0, 0.1) is 5.82 Å². The molecule has 0 unspecified atom stereocenters. The van der Waals surface area contributed by atoms with Crippen molar-refractivity contribution in [3.63, 3.8) is 0 Å². The monoisotopic (exact) mass is 330 g/mol. The Hall–Kier alpha value is -2.73. The zero-order chi connectivity index (χ0) is 16.4. The number of aromatic nitrogens is 3. The van der Waals surface area contributed by atoms with E-state index >= 15 is 0 Å². The van der Waals surface area contributed by atoms with Gasteiger partial charge in [-0.05, 0) is 30.3 Å². The van der Waals surface area contributed by atoms with E-state index in [1.54, 1.807) is 30.5 Å². The summed E-state index contributed by atoms with van der Waals surface area (Å²) >= 11 is 6.11. The van der Waals surface area contributed by atoms with Crippen molar-refractivity contribution in [3.8, 4) is 5.69 Å². The second-order valence-corrected chi connectivity index (χ2v) is 5.18. The van der Waals surface area contributed by atoms with Crippen molar-refractivity contribution in [1.82, 2.24) is 14.8 Å². The van der Waals surface area contributed by atoms with Gasteiger partial charge >= 0.3 is 0 Å². The highest BCUT2D eigenvalue weighted by Crippen LogP contribution is 2.20. The predicted molar refractivity (Wildman–Crippen MR) is 85.5 cm³/mol. The van der Waals surface area contributed by atoms with Crippen molar-refractivity contribution in [3.05, 3.63) is 71.4 Å². The number of anilines is 1. The Kier molecular flexibility index (Phi) is 4.08. The van der Waals surface area contributed by atoms with Gasteiger partial charge in [-0.25, -0.2) is 14.1 Å². The largest absolute Gasteiger partial charge is 0.292 e. The first-order valence-corrected chi connectivity index (χ1v) is 7.15. The highest BCUT2D eigenvalue weighted by Gasteiger charge is 2.20. The SMILES string of the molecule is CN(C(=O)c1ccn(-c2ccccc2Cl)n1)c1ncccc1F. The molecule has 1 amide bonds. The molecule has 1 aromatic carbocycles. The molecule has 0 aliphatic carbocycles. The standard InChI is InChI=1S/C16H12ClFN4O/c1-21(15-12(18)6-4-9-19-15)16(23)13-8-10-22(20-13)14-7-3-2-5-11(14)17/h2-10H,1H3. The smallest absolute Gasteiger partial charge is 0.279 e. The van der Waals surface area contributed by atoms with Gasteiger partial charge in [-0.15, -0.1) is 0 Å². The van der Waals surface area contributed by atoms with Crippen molar-refractivity contribution >= 4 is 23.3 Å². The van der Waals surface area contributed by atoms with Crippen molar-refractivity contribution < 1.29 is 9.18 Å². The molecule has 0 saturated carbocycles. The number of carbonyl (C=O) groups excluding carboxylic acids is 1. The van der Waals surface area contributed by atoms with E-state index in [0.717, 1.165) is 4.90 Å². The first-order valence-electron chi connectivity index (χ1n) is 6.77. The molecule has 3 rings (SSSR count). The average molecular weight is 331 g/mol. The Bertz CT molecular complexity index is 865. The number of halogens is 2. The molecule has 3 aromatic rings. The number of nitrogens with zero attached hydrogens (tertiary/aromatic N) is 4. The summed E-state index contributed by atoms with van der Waals surface area (Å²) in [5.74, 6) is -1.09. The molecule has 0 aliphatic rings. The van der Waals surface area contributed by atoms with Crippen molar-refractivity contribution in [1.29, 1.82) is 0 Å². The molecule has 2 aromatic heterocycles. The van der Waals surface area contributed by atoms with E-state index in [-0.39, 0.29) is 11.5 Å². The summed E-state index contributed by atoms with van der Waals surface area (Å²) in [6, 6.07) is 11.4. The van der Waals surface area contributed by atoms with Gasteiger partial charge in [0, 0.05) is 19.4 Å². The zero-order valence-electron chi connectivity index (χ0n) is 12.1. The highest BCUT2D eigenvalue weighted by molar-refractivity contribution is 6.32. The lowest BCUT2D eigenvalue weighted by Crippen LogP contribution is -2.28. The third-order valence-electron chi connectivity index (χ3n) is 3.27. The van der Waals surface area contributed by atoms with Crippen LogP contribution in [0.1, 0.15) is 10.5 Å². The second kappa shape index (κ2) is 6.18. The molecule has 2 heterocycles. The third-order valence-corrected chi connectivity index (χ3v) is 3.59. The minimum absolute atomic E-state index is 0.0511. The molecule has 0 N–H and O–H groups in total. The number of para-hydroxylation sites is 1. The minimum atomic E-state index is -0.575. The van der Waals surface area contributed by atoms with Gasteiger partial charge in [0.2, 0.25) is 0 Å². The van der Waals surface area contributed by atoms with Gasteiger partial charge in [-0.3, -0.25) is 9.69 Å². The highest BCUT2D eigenvalue weighted by atomic mass is 35.5. The summed E-state index contributed by atoms with van der Waals surface area (Å²) in [6.45, 7) is 0. The topological polar surface area (TPSA) is 51.0 Å². The minimum Gasteiger partial charge on any atom is -0.292 e. The summed E-state index contributed by atoms with van der Waals surface area (Å²) < 4.78 is 15.2. The summed E-state index contributed by atoms with van der Waals surface area (Å²) in [5.41, 5.74) is 0.817. The average Bonchev–Trinajstić information content (AvgIpc) is 3.04. The third kappa shape index (κ3) is 2.93. The Morgan fingerprint density at radius 3 is 2.74 bits per heavy atom. The first kappa shape index (κ1) is 15.2. The molecule has 0 spiro atoms. The molecule has 7 heteroatoms. The predicted octanol–water partition coefficient (Wildman–Crippen LogP) is 3.34. The van der Waals surface area contributed by atoms with E-state index in [0.29, 0.717) is 10.7 Å². The van der Waals surface area contributed by atoms with Crippen LogP contribution in [0.3, 0.4) is 0 Å². The maximum atomic E-state index is 13.7. The van der Waals surface area contributed by atoms with Crippen molar-refractivity contribution in [2.75, 3.05) is 11.9 Å². The Labute approximate surface area is 136 Å². The van der Waals surface area contributed by atoms with E-state index in [9.17, 15) is 9.18 Å². The molecule has 0 bridgehead atoms. The van der Waals surface area contributed by atoms with Crippen LogP contribution in [0.4, 0.5) is 10.2 Å². The molecule has 0 saturated heterocycles. The maximum Gasteiger partial charge on any atom is 0.279 e. The normalized spacial score (nSPS) is 10.6. The van der Waals surface area contributed by atoms with Gasteiger partial charge in [-0.2, -0.15) is 5.10 Å². The van der Waals surface area contributed by atoms with Crippen LogP contribution in [-0.4, -0.2) is 27.7 Å². The van der Waals surface area contributed by atoms with Crippen molar-refractivity contribution in [2.45, 2.75) is 0 Å². The number of amides is 1. The van der Waals surface area contributed by atoms with Gasteiger partial charge in [0.1, 0.15) is 0 Å². The van der Waals surface area contributed by atoms with Crippen molar-refractivity contribution in [2.24, 2.45) is 0 Å². The van der Waals surface area contributed by atoms with Gasteiger partial charge < -0.3 is 0 Å². The summed E-state index contributed by atoms with van der Waals surface area (Å²) in [5, 5.41) is 4.72. The lowest BCUT2D eigenvalue weighted by atomic mass is 10.3. The number of carbonyl (C=O) groups is 1. The fraction of sp³-hybridized carbons (Fsp3) is 0.0625. The lowest BCUT2D eigenvalue weighted by molar-refractivity contribution is 0.0986. The summed E-state index contributed by atoms with van der Waals surface area (Å²) in [4.78, 5) is 17.4. The van der Waals surface area contributed by atoms with E-state index in [1.807, 2.05) is 6.07 Å². The van der Waals surface area contributed by atoms with Crippen LogP contribution in [-0.2, 0) is 0 Å². The molecule has 0 atom stereocenters.